The summed E-state index contributed by atoms with van der Waals surface area (Å²) in [5.74, 6) is 0.326. The second kappa shape index (κ2) is 8.65. The minimum Gasteiger partial charge on any atom is -0.492 e. The number of para-hydroxylation sites is 2. The van der Waals surface area contributed by atoms with Crippen molar-refractivity contribution in [1.82, 2.24) is 9.88 Å². The van der Waals surface area contributed by atoms with Crippen molar-refractivity contribution in [2.75, 3.05) is 13.2 Å². The number of carbonyl (C=O) groups excluding carboxylic acids is 1. The van der Waals surface area contributed by atoms with Crippen LogP contribution >= 0.6 is 0 Å². The van der Waals surface area contributed by atoms with Crippen LogP contribution in [-0.2, 0) is 11.3 Å². The van der Waals surface area contributed by atoms with Gasteiger partial charge in [-0.15, -0.1) is 0 Å². The van der Waals surface area contributed by atoms with Crippen LogP contribution in [0, 0.1) is 0 Å². The van der Waals surface area contributed by atoms with E-state index in [2.05, 4.69) is 11.4 Å². The number of aromatic nitrogens is 1. The zero-order chi connectivity index (χ0) is 20.1. The molecule has 0 spiro atoms. The van der Waals surface area contributed by atoms with Crippen molar-refractivity contribution in [2.45, 2.75) is 19.4 Å². The lowest BCUT2D eigenvalue weighted by molar-refractivity contribution is -0.121. The Labute approximate surface area is 167 Å². The van der Waals surface area contributed by atoms with Crippen LogP contribution in [0.15, 0.2) is 75.9 Å². The van der Waals surface area contributed by atoms with E-state index in [4.69, 9.17) is 9.15 Å². The fraction of sp³-hybridized carbons (Fsp3) is 0.217. The van der Waals surface area contributed by atoms with Crippen molar-refractivity contribution in [3.05, 3.63) is 77.3 Å². The second-order valence-electron chi connectivity index (χ2n) is 6.80. The fourth-order valence-corrected chi connectivity index (χ4v) is 3.33. The molecule has 0 aliphatic carbocycles. The molecule has 1 amide bonds. The van der Waals surface area contributed by atoms with Gasteiger partial charge in [-0.05, 0) is 41.5 Å². The number of amides is 1. The number of nitrogens with one attached hydrogen (secondary N) is 1. The Morgan fingerprint density at radius 3 is 2.69 bits per heavy atom. The molecule has 1 N–H and O–H groups in total. The molecule has 0 saturated carbocycles. The first-order valence-corrected chi connectivity index (χ1v) is 9.67. The van der Waals surface area contributed by atoms with Crippen LogP contribution in [-0.4, -0.2) is 23.6 Å². The molecule has 1 aromatic heterocycles. The summed E-state index contributed by atoms with van der Waals surface area (Å²) >= 11 is 0. The zero-order valence-electron chi connectivity index (χ0n) is 16.0. The Morgan fingerprint density at radius 2 is 1.79 bits per heavy atom. The molecule has 0 radical (unpaired) electrons. The molecule has 0 atom stereocenters. The summed E-state index contributed by atoms with van der Waals surface area (Å²) in [6, 6.07) is 21.3. The monoisotopic (exact) mass is 390 g/mol. The van der Waals surface area contributed by atoms with Gasteiger partial charge in [-0.3, -0.25) is 9.36 Å². The molecule has 0 bridgehead atoms. The molecule has 1 heterocycles. The van der Waals surface area contributed by atoms with E-state index < -0.39 is 5.76 Å². The Kier molecular flexibility index (Phi) is 5.61. The summed E-state index contributed by atoms with van der Waals surface area (Å²) in [5.41, 5.74) is 1.31. The van der Waals surface area contributed by atoms with Gasteiger partial charge in [0.1, 0.15) is 12.4 Å². The van der Waals surface area contributed by atoms with Gasteiger partial charge in [-0.1, -0.05) is 42.5 Å². The molecule has 4 rings (SSSR count). The van der Waals surface area contributed by atoms with Crippen molar-refractivity contribution in [3.8, 4) is 5.75 Å². The lowest BCUT2D eigenvalue weighted by atomic mass is 10.1. The minimum atomic E-state index is -0.393. The summed E-state index contributed by atoms with van der Waals surface area (Å²) in [7, 11) is 0. The van der Waals surface area contributed by atoms with Crippen LogP contribution in [0.4, 0.5) is 0 Å². The maximum Gasteiger partial charge on any atom is 0.419 e. The van der Waals surface area contributed by atoms with E-state index >= 15 is 0 Å². The molecule has 29 heavy (non-hydrogen) atoms. The molecule has 0 aliphatic rings. The molecule has 6 nitrogen and oxygen atoms in total. The minimum absolute atomic E-state index is 0.0621. The topological polar surface area (TPSA) is 73.5 Å². The second-order valence-corrected chi connectivity index (χ2v) is 6.80. The highest BCUT2D eigenvalue weighted by atomic mass is 16.5. The number of hydrogen-bond donors (Lipinski definition) is 1. The third-order valence-electron chi connectivity index (χ3n) is 4.77. The van der Waals surface area contributed by atoms with Crippen molar-refractivity contribution in [3.63, 3.8) is 0 Å². The smallest absolute Gasteiger partial charge is 0.419 e. The predicted octanol–water partition coefficient (Wildman–Crippen LogP) is 3.72. The van der Waals surface area contributed by atoms with Gasteiger partial charge in [0, 0.05) is 13.0 Å². The SMILES string of the molecule is O=C(CCCn1c(=O)oc2ccccc21)NCCOc1ccc2ccccc2c1. The van der Waals surface area contributed by atoms with E-state index in [0.717, 1.165) is 22.0 Å². The zero-order valence-corrected chi connectivity index (χ0v) is 16.0. The highest BCUT2D eigenvalue weighted by Crippen LogP contribution is 2.20. The fourth-order valence-electron chi connectivity index (χ4n) is 3.33. The molecule has 0 fully saturated rings. The van der Waals surface area contributed by atoms with Crippen LogP contribution in [0.3, 0.4) is 0 Å². The van der Waals surface area contributed by atoms with E-state index in [0.29, 0.717) is 38.1 Å². The number of aryl methyl sites for hydroxylation is 1. The Bertz CT molecular complexity index is 1190. The summed E-state index contributed by atoms with van der Waals surface area (Å²) in [6.07, 6.45) is 0.892. The highest BCUT2D eigenvalue weighted by Gasteiger charge is 2.09. The number of hydrogen-bond acceptors (Lipinski definition) is 4. The average molecular weight is 390 g/mol. The molecular weight excluding hydrogens is 368 g/mol. The summed E-state index contributed by atoms with van der Waals surface area (Å²) in [4.78, 5) is 23.9. The number of rotatable bonds is 8. The number of carbonyl (C=O) groups is 1. The molecule has 148 valence electrons. The number of ether oxygens (including phenoxy) is 1. The molecule has 4 aromatic rings. The van der Waals surface area contributed by atoms with Crippen molar-refractivity contribution in [2.24, 2.45) is 0 Å². The quantitative estimate of drug-likeness (QED) is 0.465. The molecule has 0 aliphatic heterocycles. The van der Waals surface area contributed by atoms with E-state index in [-0.39, 0.29) is 5.91 Å². The third-order valence-corrected chi connectivity index (χ3v) is 4.77. The van der Waals surface area contributed by atoms with Gasteiger partial charge >= 0.3 is 5.76 Å². The van der Waals surface area contributed by atoms with Crippen molar-refractivity contribution < 1.29 is 13.9 Å². The van der Waals surface area contributed by atoms with Crippen LogP contribution < -0.4 is 15.8 Å². The maximum atomic E-state index is 12.0. The van der Waals surface area contributed by atoms with Crippen molar-refractivity contribution >= 4 is 27.8 Å². The van der Waals surface area contributed by atoms with Gasteiger partial charge < -0.3 is 14.5 Å². The largest absolute Gasteiger partial charge is 0.492 e. The van der Waals surface area contributed by atoms with Crippen LogP contribution in [0.25, 0.3) is 21.9 Å². The van der Waals surface area contributed by atoms with Gasteiger partial charge in [-0.2, -0.15) is 0 Å². The molecule has 6 heteroatoms. The molecular formula is C23H22N2O4. The van der Waals surface area contributed by atoms with Crippen LogP contribution in [0.2, 0.25) is 0 Å². The Hall–Kier alpha value is -3.54. The van der Waals surface area contributed by atoms with Gasteiger partial charge in [-0.25, -0.2) is 4.79 Å². The van der Waals surface area contributed by atoms with E-state index in [1.54, 1.807) is 10.6 Å². The Balaban J connectivity index is 1.20. The van der Waals surface area contributed by atoms with Gasteiger partial charge in [0.05, 0.1) is 12.1 Å². The number of oxazole rings is 1. The lowest BCUT2D eigenvalue weighted by Gasteiger charge is -2.09. The van der Waals surface area contributed by atoms with E-state index in [1.165, 1.54) is 0 Å². The van der Waals surface area contributed by atoms with Gasteiger partial charge in [0.25, 0.3) is 0 Å². The Morgan fingerprint density at radius 1 is 1.00 bits per heavy atom. The predicted molar refractivity (Wildman–Crippen MR) is 112 cm³/mol. The highest BCUT2D eigenvalue weighted by molar-refractivity contribution is 5.83. The third kappa shape index (κ3) is 4.48. The maximum absolute atomic E-state index is 12.0. The lowest BCUT2D eigenvalue weighted by Crippen LogP contribution is -2.28. The standard InChI is InChI=1S/C23H22N2O4/c26-22(10-5-14-25-20-8-3-4-9-21(20)29-23(25)27)24-13-15-28-19-12-11-17-6-1-2-7-18(17)16-19/h1-4,6-9,11-12,16H,5,10,13-15H2,(H,24,26). The number of fused-ring (bicyclic) bond motifs is 2. The number of benzene rings is 3. The van der Waals surface area contributed by atoms with E-state index in [9.17, 15) is 9.59 Å². The molecule has 3 aromatic carbocycles. The molecule has 0 saturated heterocycles. The first-order valence-electron chi connectivity index (χ1n) is 9.67. The van der Waals surface area contributed by atoms with Crippen LogP contribution in [0.1, 0.15) is 12.8 Å². The van der Waals surface area contributed by atoms with E-state index in [1.807, 2.05) is 54.6 Å². The number of nitrogens with zero attached hydrogens (tertiary/aromatic N) is 1. The summed E-state index contributed by atoms with van der Waals surface area (Å²) in [6.45, 7) is 1.27. The summed E-state index contributed by atoms with van der Waals surface area (Å²) in [5, 5.41) is 5.13. The van der Waals surface area contributed by atoms with Crippen LogP contribution in [0.5, 0.6) is 5.75 Å². The average Bonchev–Trinajstić information content (AvgIpc) is 3.06. The first-order chi connectivity index (χ1) is 14.2. The van der Waals surface area contributed by atoms with Crippen molar-refractivity contribution in [1.29, 1.82) is 0 Å². The van der Waals surface area contributed by atoms with Gasteiger partial charge in [0.2, 0.25) is 5.91 Å². The summed E-state index contributed by atoms with van der Waals surface area (Å²) < 4.78 is 12.5. The van der Waals surface area contributed by atoms with Gasteiger partial charge in [0.15, 0.2) is 5.58 Å². The molecule has 0 unspecified atom stereocenters. The first kappa shape index (κ1) is 18.8. The normalized spacial score (nSPS) is 11.0.